The fourth-order valence-electron chi connectivity index (χ4n) is 2.97. The van der Waals surface area contributed by atoms with Crippen molar-refractivity contribution in [2.24, 2.45) is 0 Å². The van der Waals surface area contributed by atoms with Crippen LogP contribution in [-0.2, 0) is 4.79 Å². The molecular weight excluding hydrogens is 409 g/mol. The second kappa shape index (κ2) is 7.72. The maximum Gasteiger partial charge on any atom is 0.233 e. The molecule has 134 valence electrons. The molecule has 0 radical (unpaired) electrons. The molecule has 0 saturated carbocycles. The number of fused-ring (bicyclic) bond motifs is 1. The average Bonchev–Trinajstić information content (AvgIpc) is 3.30. The van der Waals surface area contributed by atoms with Gasteiger partial charge in [0, 0.05) is 29.1 Å². The second-order valence-electron chi connectivity index (χ2n) is 6.01. The zero-order valence-corrected chi connectivity index (χ0v) is 16.9. The molecule has 4 nitrogen and oxygen atoms in total. The summed E-state index contributed by atoms with van der Waals surface area (Å²) in [6, 6.07) is 7.61. The first kappa shape index (κ1) is 18.0. The third-order valence-electron chi connectivity index (χ3n) is 4.31. The van der Waals surface area contributed by atoms with Gasteiger partial charge in [0.2, 0.25) is 5.91 Å². The quantitative estimate of drug-likeness (QED) is 0.321. The SMILES string of the molecule is O=C(CSc1nc(Cl)c2c(-c3ccc(Cl)cc3)csc2n1)N1CCCC1. The Morgan fingerprint density at radius 1 is 1.15 bits per heavy atom. The number of amides is 1. The van der Waals surface area contributed by atoms with Crippen LogP contribution < -0.4 is 0 Å². The van der Waals surface area contributed by atoms with E-state index in [2.05, 4.69) is 9.97 Å². The monoisotopic (exact) mass is 423 g/mol. The summed E-state index contributed by atoms with van der Waals surface area (Å²) in [5, 5.41) is 4.52. The summed E-state index contributed by atoms with van der Waals surface area (Å²) >= 11 is 15.3. The molecule has 0 aliphatic carbocycles. The summed E-state index contributed by atoms with van der Waals surface area (Å²) in [6.45, 7) is 1.71. The number of hydrogen-bond donors (Lipinski definition) is 0. The molecule has 8 heteroatoms. The minimum atomic E-state index is 0.139. The van der Waals surface area contributed by atoms with Crippen molar-refractivity contribution < 1.29 is 4.79 Å². The van der Waals surface area contributed by atoms with Gasteiger partial charge in [-0.25, -0.2) is 9.97 Å². The highest BCUT2D eigenvalue weighted by Crippen LogP contribution is 2.38. The van der Waals surface area contributed by atoms with Gasteiger partial charge in [0.25, 0.3) is 0 Å². The standard InChI is InChI=1S/C18H15Cl2N3OS2/c19-12-5-3-11(4-6-12)13-9-25-17-15(13)16(20)21-18(22-17)26-10-14(24)23-7-1-2-8-23/h3-6,9H,1-2,7-8,10H2. The van der Waals surface area contributed by atoms with Crippen LogP contribution in [0.2, 0.25) is 10.2 Å². The van der Waals surface area contributed by atoms with Gasteiger partial charge in [-0.15, -0.1) is 11.3 Å². The van der Waals surface area contributed by atoms with Crippen molar-refractivity contribution >= 4 is 62.4 Å². The molecule has 1 aromatic carbocycles. The highest BCUT2D eigenvalue weighted by molar-refractivity contribution is 7.99. The second-order valence-corrected chi connectivity index (χ2v) is 8.61. The molecule has 3 aromatic rings. The predicted molar refractivity (Wildman–Crippen MR) is 109 cm³/mol. The number of thioether (sulfide) groups is 1. The number of hydrogen-bond acceptors (Lipinski definition) is 5. The Kier molecular flexibility index (Phi) is 5.36. The van der Waals surface area contributed by atoms with Crippen LogP contribution in [-0.4, -0.2) is 39.6 Å². The van der Waals surface area contributed by atoms with Crippen LogP contribution in [0.1, 0.15) is 12.8 Å². The van der Waals surface area contributed by atoms with Crippen LogP contribution in [0, 0.1) is 0 Å². The number of nitrogens with zero attached hydrogens (tertiary/aromatic N) is 3. The van der Waals surface area contributed by atoms with Crippen molar-refractivity contribution in [2.75, 3.05) is 18.8 Å². The van der Waals surface area contributed by atoms with Crippen molar-refractivity contribution in [3.63, 3.8) is 0 Å². The van der Waals surface area contributed by atoms with Crippen LogP contribution in [0.15, 0.2) is 34.8 Å². The molecular formula is C18H15Cl2N3OS2. The third kappa shape index (κ3) is 3.69. The van der Waals surface area contributed by atoms with Crippen molar-refractivity contribution in [1.29, 1.82) is 0 Å². The molecule has 1 aliphatic heterocycles. The Labute approximate surface area is 169 Å². The molecule has 3 heterocycles. The van der Waals surface area contributed by atoms with Gasteiger partial charge < -0.3 is 4.90 Å². The molecule has 0 bridgehead atoms. The fraction of sp³-hybridized carbons (Fsp3) is 0.278. The van der Waals surface area contributed by atoms with E-state index in [1.165, 1.54) is 23.1 Å². The molecule has 0 unspecified atom stereocenters. The first-order chi connectivity index (χ1) is 12.6. The topological polar surface area (TPSA) is 46.1 Å². The summed E-state index contributed by atoms with van der Waals surface area (Å²) in [6.07, 6.45) is 2.18. The molecule has 2 aromatic heterocycles. The Hall–Kier alpha value is -1.34. The lowest BCUT2D eigenvalue weighted by Gasteiger charge is -2.14. The smallest absolute Gasteiger partial charge is 0.233 e. The van der Waals surface area contributed by atoms with Crippen LogP contribution in [0.25, 0.3) is 21.3 Å². The van der Waals surface area contributed by atoms with Crippen molar-refractivity contribution in [1.82, 2.24) is 14.9 Å². The van der Waals surface area contributed by atoms with Crippen LogP contribution in [0.4, 0.5) is 0 Å². The van der Waals surface area contributed by atoms with Crippen LogP contribution >= 0.6 is 46.3 Å². The van der Waals surface area contributed by atoms with Crippen LogP contribution in [0.3, 0.4) is 0 Å². The fourth-order valence-corrected chi connectivity index (χ4v) is 5.23. The van der Waals surface area contributed by atoms with Gasteiger partial charge in [-0.2, -0.15) is 0 Å². The first-order valence-electron chi connectivity index (χ1n) is 8.23. The third-order valence-corrected chi connectivity index (χ3v) is 6.54. The molecule has 1 fully saturated rings. The Morgan fingerprint density at radius 2 is 1.88 bits per heavy atom. The van der Waals surface area contributed by atoms with Gasteiger partial charge in [-0.1, -0.05) is 47.1 Å². The number of likely N-dealkylation sites (tertiary alicyclic amines) is 1. The minimum Gasteiger partial charge on any atom is -0.342 e. The maximum absolute atomic E-state index is 12.2. The van der Waals surface area contributed by atoms with E-state index < -0.39 is 0 Å². The zero-order chi connectivity index (χ0) is 18.1. The summed E-state index contributed by atoms with van der Waals surface area (Å²) in [5.74, 6) is 0.484. The lowest BCUT2D eigenvalue weighted by molar-refractivity contribution is -0.127. The van der Waals surface area contributed by atoms with Gasteiger partial charge in [0.1, 0.15) is 9.98 Å². The van der Waals surface area contributed by atoms with Gasteiger partial charge in [0.15, 0.2) is 5.16 Å². The predicted octanol–water partition coefficient (Wildman–Crippen LogP) is 5.38. The van der Waals surface area contributed by atoms with E-state index in [0.29, 0.717) is 21.1 Å². The molecule has 1 saturated heterocycles. The number of benzene rings is 1. The van der Waals surface area contributed by atoms with Gasteiger partial charge in [-0.05, 0) is 30.5 Å². The zero-order valence-electron chi connectivity index (χ0n) is 13.7. The summed E-state index contributed by atoms with van der Waals surface area (Å²) in [5.41, 5.74) is 2.02. The van der Waals surface area contributed by atoms with Crippen molar-refractivity contribution in [3.05, 3.63) is 39.8 Å². The number of thiophene rings is 1. The summed E-state index contributed by atoms with van der Waals surface area (Å²) in [7, 11) is 0. The molecule has 1 aliphatic rings. The number of carbonyl (C=O) groups is 1. The number of halogens is 2. The van der Waals surface area contributed by atoms with E-state index in [1.807, 2.05) is 34.5 Å². The molecule has 0 N–H and O–H groups in total. The highest BCUT2D eigenvalue weighted by atomic mass is 35.5. The van der Waals surface area contributed by atoms with E-state index >= 15 is 0 Å². The molecule has 1 amide bonds. The molecule has 4 rings (SSSR count). The van der Waals surface area contributed by atoms with Crippen molar-refractivity contribution in [2.45, 2.75) is 18.0 Å². The van der Waals surface area contributed by atoms with E-state index in [1.54, 1.807) is 0 Å². The average molecular weight is 424 g/mol. The van der Waals surface area contributed by atoms with E-state index in [0.717, 1.165) is 47.3 Å². The largest absolute Gasteiger partial charge is 0.342 e. The maximum atomic E-state index is 12.2. The Balaban J connectivity index is 1.57. The van der Waals surface area contributed by atoms with E-state index in [4.69, 9.17) is 23.2 Å². The lowest BCUT2D eigenvalue weighted by atomic mass is 10.1. The summed E-state index contributed by atoms with van der Waals surface area (Å²) in [4.78, 5) is 23.9. The lowest BCUT2D eigenvalue weighted by Crippen LogP contribution is -2.29. The minimum absolute atomic E-state index is 0.139. The van der Waals surface area contributed by atoms with Crippen molar-refractivity contribution in [3.8, 4) is 11.1 Å². The van der Waals surface area contributed by atoms with Crippen LogP contribution in [0.5, 0.6) is 0 Å². The molecule has 0 spiro atoms. The Morgan fingerprint density at radius 3 is 2.62 bits per heavy atom. The van der Waals surface area contributed by atoms with Gasteiger partial charge in [-0.3, -0.25) is 4.79 Å². The number of rotatable bonds is 4. The molecule has 26 heavy (non-hydrogen) atoms. The summed E-state index contributed by atoms with van der Waals surface area (Å²) < 4.78 is 0. The first-order valence-corrected chi connectivity index (χ1v) is 10.8. The normalized spacial score (nSPS) is 14.3. The number of carbonyl (C=O) groups excluding carboxylic acids is 1. The molecule has 0 atom stereocenters. The van der Waals surface area contributed by atoms with E-state index in [-0.39, 0.29) is 5.91 Å². The van der Waals surface area contributed by atoms with Gasteiger partial charge >= 0.3 is 0 Å². The number of aromatic nitrogens is 2. The Bertz CT molecular complexity index is 953. The highest BCUT2D eigenvalue weighted by Gasteiger charge is 2.19. The van der Waals surface area contributed by atoms with Gasteiger partial charge in [0.05, 0.1) is 11.1 Å². The van der Waals surface area contributed by atoms with E-state index in [9.17, 15) is 4.79 Å².